The van der Waals surface area contributed by atoms with Crippen LogP contribution in [0.15, 0.2) is 36.5 Å². The normalized spacial score (nSPS) is 11.7. The number of unbranched alkanes of at least 4 members (excludes halogenated alkanes) is 5. The number of carbonyl (C=O) groups excluding carboxylic acids is 2. The lowest BCUT2D eigenvalue weighted by molar-refractivity contribution is -0.151. The smallest absolute Gasteiger partial charge is 0.313 e. The van der Waals surface area contributed by atoms with E-state index in [0.717, 1.165) is 44.9 Å². The Balaban J connectivity index is 3.28. The maximum atomic E-state index is 10.9. The zero-order valence-electron chi connectivity index (χ0n) is 13.8. The predicted octanol–water partition coefficient (Wildman–Crippen LogP) is 5.28. The van der Waals surface area contributed by atoms with E-state index in [1.54, 1.807) is 0 Å². The molecule has 0 saturated carbocycles. The largest absolute Gasteiger partial charge is 0.395 e. The molecule has 0 aromatic carbocycles. The summed E-state index contributed by atoms with van der Waals surface area (Å²) < 4.78 is 4.22. The highest BCUT2D eigenvalue weighted by Gasteiger charge is 2.00. The molecule has 0 amide bonds. The third kappa shape index (κ3) is 16.4. The molecule has 0 fully saturated rings. The van der Waals surface area contributed by atoms with E-state index in [9.17, 15) is 9.59 Å². The fraction of sp³-hybridized carbons (Fsp3) is 0.579. The quantitative estimate of drug-likeness (QED) is 0.144. The minimum Gasteiger partial charge on any atom is -0.395 e. The van der Waals surface area contributed by atoms with Crippen molar-refractivity contribution in [3.05, 3.63) is 36.5 Å². The Hall–Kier alpha value is -1.64. The van der Waals surface area contributed by atoms with E-state index in [2.05, 4.69) is 48.1 Å². The maximum Gasteiger partial charge on any atom is 0.313 e. The van der Waals surface area contributed by atoms with E-state index in [1.807, 2.05) is 0 Å². The summed E-state index contributed by atoms with van der Waals surface area (Å²) >= 11 is 0. The van der Waals surface area contributed by atoms with Gasteiger partial charge in [0.25, 0.3) is 0 Å². The molecule has 0 aliphatic rings. The first-order chi connectivity index (χ1) is 10.8. The summed E-state index contributed by atoms with van der Waals surface area (Å²) in [5, 5.41) is 0. The van der Waals surface area contributed by atoms with Gasteiger partial charge in [0.15, 0.2) is 0 Å². The van der Waals surface area contributed by atoms with Crippen LogP contribution in [0.3, 0.4) is 0 Å². The van der Waals surface area contributed by atoms with Gasteiger partial charge in [0, 0.05) is 6.42 Å². The predicted molar refractivity (Wildman–Crippen MR) is 91.4 cm³/mol. The van der Waals surface area contributed by atoms with Gasteiger partial charge in [0.05, 0.1) is 0 Å². The van der Waals surface area contributed by atoms with E-state index in [-0.39, 0.29) is 6.47 Å². The molecule has 124 valence electrons. The van der Waals surface area contributed by atoms with Gasteiger partial charge in [-0.1, -0.05) is 62.6 Å². The van der Waals surface area contributed by atoms with Gasteiger partial charge in [-0.2, -0.15) is 0 Å². The molecule has 0 aromatic heterocycles. The number of esters is 1. The van der Waals surface area contributed by atoms with Crippen molar-refractivity contribution in [3.8, 4) is 0 Å². The van der Waals surface area contributed by atoms with Gasteiger partial charge in [-0.25, -0.2) is 0 Å². The first-order valence-corrected chi connectivity index (χ1v) is 8.39. The van der Waals surface area contributed by atoms with Crippen molar-refractivity contribution in [2.75, 3.05) is 0 Å². The summed E-state index contributed by atoms with van der Waals surface area (Å²) in [7, 11) is 0. The van der Waals surface area contributed by atoms with Crippen molar-refractivity contribution in [1.29, 1.82) is 0 Å². The number of ether oxygens (including phenoxy) is 1. The summed E-state index contributed by atoms with van der Waals surface area (Å²) in [5.41, 5.74) is 0. The summed E-state index contributed by atoms with van der Waals surface area (Å²) in [6.07, 6.45) is 23.2. The molecule has 0 spiro atoms. The van der Waals surface area contributed by atoms with Gasteiger partial charge in [-0.05, 0) is 38.5 Å². The molecular formula is C19H30O3. The number of hydrogen-bond donors (Lipinski definition) is 0. The number of rotatable bonds is 14. The van der Waals surface area contributed by atoms with E-state index in [0.29, 0.717) is 6.42 Å². The van der Waals surface area contributed by atoms with Crippen LogP contribution in [-0.4, -0.2) is 12.4 Å². The zero-order chi connectivity index (χ0) is 16.3. The highest BCUT2D eigenvalue weighted by atomic mass is 16.6. The monoisotopic (exact) mass is 306 g/mol. The van der Waals surface area contributed by atoms with Crippen LogP contribution in [0.5, 0.6) is 0 Å². The van der Waals surface area contributed by atoms with Crippen molar-refractivity contribution in [3.63, 3.8) is 0 Å². The molecule has 0 bridgehead atoms. The van der Waals surface area contributed by atoms with Crippen LogP contribution in [-0.2, 0) is 14.3 Å². The highest BCUT2D eigenvalue weighted by molar-refractivity contribution is 5.76. The Bertz CT molecular complexity index is 354. The van der Waals surface area contributed by atoms with Gasteiger partial charge in [0.1, 0.15) is 0 Å². The fourth-order valence-electron chi connectivity index (χ4n) is 2.00. The van der Waals surface area contributed by atoms with Crippen molar-refractivity contribution in [1.82, 2.24) is 0 Å². The molecular weight excluding hydrogens is 276 g/mol. The Morgan fingerprint density at radius 3 is 2.09 bits per heavy atom. The van der Waals surface area contributed by atoms with Gasteiger partial charge < -0.3 is 4.74 Å². The molecule has 0 atom stereocenters. The molecule has 0 saturated heterocycles. The van der Waals surface area contributed by atoms with Crippen LogP contribution >= 0.6 is 0 Å². The van der Waals surface area contributed by atoms with Gasteiger partial charge in [-0.15, -0.1) is 0 Å². The standard InChI is InChI=1S/C19H30O3/c1-2-3-4-5-6-7-8-9-10-11-12-13-14-15-16-17-19(21)22-18-20/h3-4,6-7,9-10,18H,2,5,8,11-17H2,1H3/b4-3-,7-6-,10-9-. The molecule has 0 radical (unpaired) electrons. The maximum absolute atomic E-state index is 10.9. The molecule has 0 aliphatic carbocycles. The summed E-state index contributed by atoms with van der Waals surface area (Å²) in [6, 6.07) is 0. The Morgan fingerprint density at radius 2 is 1.41 bits per heavy atom. The molecule has 22 heavy (non-hydrogen) atoms. The summed E-state index contributed by atoms with van der Waals surface area (Å²) in [6.45, 7) is 2.34. The fourth-order valence-corrected chi connectivity index (χ4v) is 2.00. The van der Waals surface area contributed by atoms with Crippen LogP contribution in [0.1, 0.15) is 71.1 Å². The Kier molecular flexibility index (Phi) is 16.1. The number of hydrogen-bond acceptors (Lipinski definition) is 3. The van der Waals surface area contributed by atoms with Crippen molar-refractivity contribution < 1.29 is 14.3 Å². The Labute approximate surface area is 135 Å². The first-order valence-electron chi connectivity index (χ1n) is 8.39. The minimum absolute atomic E-state index is 0.200. The molecule has 0 N–H and O–H groups in total. The van der Waals surface area contributed by atoms with Crippen LogP contribution in [0, 0.1) is 0 Å². The molecule has 0 rings (SSSR count). The lowest BCUT2D eigenvalue weighted by Gasteiger charge is -1.99. The van der Waals surface area contributed by atoms with Crippen LogP contribution in [0.4, 0.5) is 0 Å². The average molecular weight is 306 g/mol. The van der Waals surface area contributed by atoms with Gasteiger partial charge in [-0.3, -0.25) is 9.59 Å². The minimum atomic E-state index is -0.420. The Morgan fingerprint density at radius 1 is 0.818 bits per heavy atom. The van der Waals surface area contributed by atoms with E-state index in [4.69, 9.17) is 0 Å². The molecule has 0 aromatic rings. The molecule has 3 heteroatoms. The third-order valence-corrected chi connectivity index (χ3v) is 3.21. The lowest BCUT2D eigenvalue weighted by Crippen LogP contribution is -2.01. The van der Waals surface area contributed by atoms with Crippen LogP contribution in [0.2, 0.25) is 0 Å². The summed E-state index contributed by atoms with van der Waals surface area (Å²) in [5.74, 6) is -0.420. The molecule has 3 nitrogen and oxygen atoms in total. The zero-order valence-corrected chi connectivity index (χ0v) is 13.8. The topological polar surface area (TPSA) is 43.4 Å². The second kappa shape index (κ2) is 17.4. The summed E-state index contributed by atoms with van der Waals surface area (Å²) in [4.78, 5) is 20.8. The van der Waals surface area contributed by atoms with E-state index in [1.165, 1.54) is 12.8 Å². The highest BCUT2D eigenvalue weighted by Crippen LogP contribution is 2.08. The first kappa shape index (κ1) is 20.4. The van der Waals surface area contributed by atoms with Crippen LogP contribution in [0.25, 0.3) is 0 Å². The SMILES string of the molecule is CC/C=C\C/C=C\C/C=C\CCCCCCCC(=O)OC=O. The number of carbonyl (C=O) groups is 2. The lowest BCUT2D eigenvalue weighted by atomic mass is 10.1. The van der Waals surface area contributed by atoms with Crippen molar-refractivity contribution in [2.45, 2.75) is 71.1 Å². The molecule has 0 heterocycles. The second-order valence-electron chi connectivity index (χ2n) is 5.19. The van der Waals surface area contributed by atoms with Crippen molar-refractivity contribution in [2.24, 2.45) is 0 Å². The number of allylic oxidation sites excluding steroid dienone is 6. The second-order valence-corrected chi connectivity index (χ2v) is 5.19. The van der Waals surface area contributed by atoms with Crippen molar-refractivity contribution >= 4 is 12.4 Å². The van der Waals surface area contributed by atoms with Gasteiger partial charge >= 0.3 is 12.4 Å². The molecule has 0 unspecified atom stereocenters. The van der Waals surface area contributed by atoms with E-state index < -0.39 is 5.97 Å². The average Bonchev–Trinajstić information content (AvgIpc) is 2.51. The molecule has 0 aliphatic heterocycles. The van der Waals surface area contributed by atoms with E-state index >= 15 is 0 Å². The van der Waals surface area contributed by atoms with Gasteiger partial charge in [0.2, 0.25) is 0 Å². The van der Waals surface area contributed by atoms with Crippen LogP contribution < -0.4 is 0 Å². The third-order valence-electron chi connectivity index (χ3n) is 3.21.